The highest BCUT2D eigenvalue weighted by Gasteiger charge is 2.46. The molecule has 5 N–H and O–H groups in total. The molecule has 0 aromatic carbocycles. The molecule has 0 aliphatic carbocycles. The van der Waals surface area contributed by atoms with Crippen LogP contribution in [0.25, 0.3) is 11.2 Å². The first-order valence-corrected chi connectivity index (χ1v) is 8.68. The molecule has 1 fully saturated rings. The topological polar surface area (TPSA) is 161 Å². The largest absolute Gasteiger partial charge is 0.479 e. The number of aliphatic hydroxyl groups is 1. The van der Waals surface area contributed by atoms with Crippen LogP contribution in [-0.2, 0) is 16.0 Å². The highest BCUT2D eigenvalue weighted by atomic mass is 16.6. The molecule has 28 heavy (non-hydrogen) atoms. The van der Waals surface area contributed by atoms with E-state index in [-0.39, 0.29) is 0 Å². The van der Waals surface area contributed by atoms with Gasteiger partial charge >= 0.3 is 5.97 Å². The van der Waals surface area contributed by atoms with Crippen molar-refractivity contribution in [1.82, 2.24) is 24.5 Å². The van der Waals surface area contributed by atoms with Crippen LogP contribution in [0.15, 0.2) is 37.2 Å². The van der Waals surface area contributed by atoms with Gasteiger partial charge in [0.1, 0.15) is 12.4 Å². The number of aliphatic carboxylic acids is 1. The van der Waals surface area contributed by atoms with Crippen molar-refractivity contribution in [3.63, 3.8) is 0 Å². The lowest BCUT2D eigenvalue weighted by Gasteiger charge is -2.16. The van der Waals surface area contributed by atoms with Crippen LogP contribution in [0.3, 0.4) is 0 Å². The molecule has 4 atom stereocenters. The molecule has 0 amide bonds. The van der Waals surface area contributed by atoms with Gasteiger partial charge in [-0.3, -0.25) is 9.55 Å². The Morgan fingerprint density at radius 3 is 2.93 bits per heavy atom. The van der Waals surface area contributed by atoms with Gasteiger partial charge in [-0.25, -0.2) is 19.7 Å². The van der Waals surface area contributed by atoms with Crippen molar-refractivity contribution in [2.24, 2.45) is 5.73 Å². The Balaban J connectivity index is 1.54. The van der Waals surface area contributed by atoms with Gasteiger partial charge in [-0.05, 0) is 18.1 Å². The van der Waals surface area contributed by atoms with E-state index in [0.29, 0.717) is 23.5 Å². The average Bonchev–Trinajstić information content (AvgIpc) is 3.25. The van der Waals surface area contributed by atoms with Crippen LogP contribution in [0.2, 0.25) is 0 Å². The Bertz CT molecular complexity index is 980. The van der Waals surface area contributed by atoms with E-state index in [1.807, 2.05) is 12.1 Å². The van der Waals surface area contributed by atoms with E-state index in [4.69, 9.17) is 10.5 Å². The highest BCUT2D eigenvalue weighted by molar-refractivity contribution is 5.82. The van der Waals surface area contributed by atoms with Crippen LogP contribution in [0, 0.1) is 0 Å². The molecule has 11 nitrogen and oxygen atoms in total. The minimum Gasteiger partial charge on any atom is -0.479 e. The van der Waals surface area contributed by atoms with Crippen molar-refractivity contribution < 1.29 is 19.7 Å². The van der Waals surface area contributed by atoms with Crippen molar-refractivity contribution in [2.45, 2.75) is 30.9 Å². The number of nitrogens with one attached hydrogen (secondary N) is 1. The van der Waals surface area contributed by atoms with Crippen LogP contribution in [0.1, 0.15) is 11.8 Å². The molecule has 0 saturated carbocycles. The number of fused-ring (bicyclic) bond motifs is 1. The summed E-state index contributed by atoms with van der Waals surface area (Å²) >= 11 is 0. The van der Waals surface area contributed by atoms with E-state index in [0.717, 1.165) is 12.0 Å². The lowest BCUT2D eigenvalue weighted by molar-refractivity contribution is -0.152. The smallest absolute Gasteiger partial charge is 0.334 e. The predicted octanol–water partition coefficient (Wildman–Crippen LogP) is -0.454. The Kier molecular flexibility index (Phi) is 4.86. The van der Waals surface area contributed by atoms with Gasteiger partial charge in [0, 0.05) is 18.9 Å². The van der Waals surface area contributed by atoms with Crippen LogP contribution < -0.4 is 11.1 Å². The van der Waals surface area contributed by atoms with E-state index in [1.165, 1.54) is 17.2 Å². The first-order valence-electron chi connectivity index (χ1n) is 8.68. The van der Waals surface area contributed by atoms with E-state index < -0.39 is 30.4 Å². The van der Waals surface area contributed by atoms with Gasteiger partial charge in [-0.2, -0.15) is 0 Å². The maximum Gasteiger partial charge on any atom is 0.334 e. The summed E-state index contributed by atoms with van der Waals surface area (Å²) in [5.41, 5.74) is 7.75. The summed E-state index contributed by atoms with van der Waals surface area (Å²) in [5, 5.41) is 22.7. The Labute approximate surface area is 159 Å². The zero-order valence-corrected chi connectivity index (χ0v) is 14.7. The number of aliphatic hydroxyl groups excluding tert-OH is 1. The number of anilines is 1. The number of ether oxygens (including phenoxy) is 1. The monoisotopic (exact) mass is 385 g/mol. The number of carboxylic acids is 1. The molecule has 1 saturated heterocycles. The van der Waals surface area contributed by atoms with Crippen molar-refractivity contribution in [3.05, 3.63) is 42.7 Å². The normalized spacial score (nSPS) is 24.5. The number of rotatable bonds is 6. The second kappa shape index (κ2) is 7.46. The summed E-state index contributed by atoms with van der Waals surface area (Å²) in [5.74, 6) is -0.704. The second-order valence-corrected chi connectivity index (χ2v) is 6.44. The number of pyridine rings is 1. The minimum atomic E-state index is -1.31. The fourth-order valence-corrected chi connectivity index (χ4v) is 3.18. The third kappa shape index (κ3) is 3.26. The first kappa shape index (κ1) is 18.2. The Hall–Kier alpha value is -3.15. The highest BCUT2D eigenvalue weighted by Crippen LogP contribution is 2.31. The molecule has 3 aromatic rings. The summed E-state index contributed by atoms with van der Waals surface area (Å²) in [4.78, 5) is 28.0. The Morgan fingerprint density at radius 1 is 1.36 bits per heavy atom. The van der Waals surface area contributed by atoms with E-state index in [9.17, 15) is 15.0 Å². The number of carbonyl (C=O) groups is 1. The van der Waals surface area contributed by atoms with Gasteiger partial charge in [0.25, 0.3) is 0 Å². The van der Waals surface area contributed by atoms with Gasteiger partial charge in [0.15, 0.2) is 29.3 Å². The van der Waals surface area contributed by atoms with Crippen LogP contribution >= 0.6 is 0 Å². The van der Waals surface area contributed by atoms with Crippen molar-refractivity contribution >= 4 is 23.0 Å². The third-order valence-electron chi connectivity index (χ3n) is 4.63. The molecular weight excluding hydrogens is 366 g/mol. The lowest BCUT2D eigenvalue weighted by atomic mass is 10.1. The van der Waals surface area contributed by atoms with Crippen LogP contribution in [-0.4, -0.2) is 65.5 Å². The van der Waals surface area contributed by atoms with Crippen molar-refractivity contribution in [1.29, 1.82) is 0 Å². The second-order valence-electron chi connectivity index (χ2n) is 6.44. The third-order valence-corrected chi connectivity index (χ3v) is 4.63. The summed E-state index contributed by atoms with van der Waals surface area (Å²) < 4.78 is 6.91. The molecular formula is C17H19N7O4. The van der Waals surface area contributed by atoms with E-state index >= 15 is 0 Å². The Morgan fingerprint density at radius 2 is 2.21 bits per heavy atom. The zero-order chi connectivity index (χ0) is 19.7. The number of nitrogens with two attached hydrogens (primary N) is 1. The summed E-state index contributed by atoms with van der Waals surface area (Å²) in [7, 11) is 0. The predicted molar refractivity (Wildman–Crippen MR) is 97.3 cm³/mol. The van der Waals surface area contributed by atoms with Crippen LogP contribution in [0.5, 0.6) is 0 Å². The SMILES string of the molecule is N[C@H]1[C@@H](O)[C@H](n2cnc3c(NCCc4cccnc4)ncnc32)O[C@@H]1C(=O)O. The lowest BCUT2D eigenvalue weighted by Crippen LogP contribution is -2.43. The number of hydrogen-bond donors (Lipinski definition) is 4. The van der Waals surface area contributed by atoms with Crippen molar-refractivity contribution in [2.75, 3.05) is 11.9 Å². The molecule has 3 aromatic heterocycles. The number of aromatic nitrogens is 5. The fourth-order valence-electron chi connectivity index (χ4n) is 3.18. The molecule has 146 valence electrons. The standard InChI is InChI=1S/C17H19N7O4/c18-10-12(25)16(28-13(10)17(26)27)24-8-23-11-14(21-7-22-15(11)24)20-5-3-9-2-1-4-19-6-9/h1-2,4,6-8,10,12-13,16,25H,3,5,18H2,(H,26,27)(H,20,21,22)/t10-,12+,13-,16+/m0/s1. The minimum absolute atomic E-state index is 0.404. The summed E-state index contributed by atoms with van der Waals surface area (Å²) in [6.07, 6.45) is 3.54. The fraction of sp³-hybridized carbons (Fsp3) is 0.353. The molecule has 11 heteroatoms. The quantitative estimate of drug-likeness (QED) is 0.437. The molecule has 1 aliphatic heterocycles. The van der Waals surface area contributed by atoms with E-state index in [2.05, 4.69) is 25.3 Å². The summed E-state index contributed by atoms with van der Waals surface area (Å²) in [6.45, 7) is 0.610. The molecule has 0 bridgehead atoms. The number of carboxylic acid groups (broad SMARTS) is 1. The maximum atomic E-state index is 11.2. The number of hydrogen-bond acceptors (Lipinski definition) is 9. The molecule has 1 aliphatic rings. The average molecular weight is 385 g/mol. The molecule has 0 radical (unpaired) electrons. The van der Waals surface area contributed by atoms with Crippen LogP contribution in [0.4, 0.5) is 5.82 Å². The number of imidazole rings is 1. The van der Waals surface area contributed by atoms with E-state index in [1.54, 1.807) is 12.4 Å². The van der Waals surface area contributed by atoms with Gasteiger partial charge in [0.05, 0.1) is 12.4 Å². The molecule has 0 unspecified atom stereocenters. The molecule has 0 spiro atoms. The maximum absolute atomic E-state index is 11.2. The number of nitrogens with zero attached hydrogens (tertiary/aromatic N) is 5. The zero-order valence-electron chi connectivity index (χ0n) is 14.7. The summed E-state index contributed by atoms with van der Waals surface area (Å²) in [6, 6.07) is 2.81. The molecule has 4 heterocycles. The molecule has 4 rings (SSSR count). The first-order chi connectivity index (χ1) is 13.6. The van der Waals surface area contributed by atoms with Gasteiger partial charge in [0.2, 0.25) is 0 Å². The van der Waals surface area contributed by atoms with Gasteiger partial charge in [-0.1, -0.05) is 6.07 Å². The van der Waals surface area contributed by atoms with Gasteiger partial charge in [-0.15, -0.1) is 0 Å². The van der Waals surface area contributed by atoms with Gasteiger partial charge < -0.3 is 26.0 Å². The van der Waals surface area contributed by atoms with Crippen molar-refractivity contribution in [3.8, 4) is 0 Å².